The Labute approximate surface area is 82.5 Å². The molecule has 2 amide bonds. The predicted octanol–water partition coefficient (Wildman–Crippen LogP) is -0.884. The van der Waals surface area contributed by atoms with Crippen LogP contribution >= 0.6 is 0 Å². The first kappa shape index (κ1) is 12.9. The van der Waals surface area contributed by atoms with Gasteiger partial charge in [0.2, 0.25) is 5.91 Å². The van der Waals surface area contributed by atoms with Crippen molar-refractivity contribution in [3.8, 4) is 0 Å². The zero-order valence-corrected chi connectivity index (χ0v) is 8.41. The number of rotatable bonds is 7. The Balaban J connectivity index is 4.73. The van der Waals surface area contributed by atoms with Crippen LogP contribution in [0.1, 0.15) is 20.3 Å². The number of carbonyl (C=O) groups excluding carboxylic acids is 2. The van der Waals surface area contributed by atoms with E-state index < -0.39 is 17.6 Å². The summed E-state index contributed by atoms with van der Waals surface area (Å²) >= 11 is 0. The van der Waals surface area contributed by atoms with Crippen LogP contribution in [0.15, 0.2) is 0 Å². The van der Waals surface area contributed by atoms with Crippen LogP contribution in [0, 0.1) is 0 Å². The molecule has 6 nitrogen and oxygen atoms in total. The third-order valence-corrected chi connectivity index (χ3v) is 1.54. The highest BCUT2D eigenvalue weighted by atomic mass is 16.7. The molecule has 0 heterocycles. The molecule has 0 fully saturated rings. The molecule has 0 atom stereocenters. The zero-order chi connectivity index (χ0) is 11.2. The van der Waals surface area contributed by atoms with E-state index in [0.29, 0.717) is 0 Å². The van der Waals surface area contributed by atoms with Crippen LogP contribution in [0.3, 0.4) is 0 Å². The van der Waals surface area contributed by atoms with Gasteiger partial charge in [0.1, 0.15) is 0 Å². The molecule has 0 radical (unpaired) electrons. The van der Waals surface area contributed by atoms with Gasteiger partial charge in [-0.1, -0.05) is 0 Å². The van der Waals surface area contributed by atoms with Crippen molar-refractivity contribution >= 4 is 11.8 Å². The van der Waals surface area contributed by atoms with Crippen LogP contribution < -0.4 is 11.5 Å². The van der Waals surface area contributed by atoms with Crippen molar-refractivity contribution < 1.29 is 19.1 Å². The lowest BCUT2D eigenvalue weighted by atomic mass is 10.1. The van der Waals surface area contributed by atoms with E-state index in [-0.39, 0.29) is 19.6 Å². The lowest BCUT2D eigenvalue weighted by Gasteiger charge is -2.28. The zero-order valence-electron chi connectivity index (χ0n) is 8.41. The van der Waals surface area contributed by atoms with E-state index in [1.54, 1.807) is 13.8 Å². The smallest absolute Gasteiger partial charge is 0.278 e. The minimum absolute atomic E-state index is 0.205. The maximum Gasteiger partial charge on any atom is 0.278 e. The maximum absolute atomic E-state index is 11.1. The average Bonchev–Trinajstić information content (AvgIpc) is 2.03. The first-order valence-electron chi connectivity index (χ1n) is 4.34. The molecule has 0 aliphatic carbocycles. The molecule has 0 aliphatic rings. The Hall–Kier alpha value is -1.14. The third-order valence-electron chi connectivity index (χ3n) is 1.54. The van der Waals surface area contributed by atoms with Crippen molar-refractivity contribution in [2.24, 2.45) is 11.5 Å². The second-order valence-electron chi connectivity index (χ2n) is 2.63. The minimum atomic E-state index is -1.71. The van der Waals surface area contributed by atoms with Gasteiger partial charge in [0.15, 0.2) is 0 Å². The fraction of sp³-hybridized carbons (Fsp3) is 0.750. The quantitative estimate of drug-likeness (QED) is 0.525. The summed E-state index contributed by atoms with van der Waals surface area (Å²) in [5, 5.41) is 0. The van der Waals surface area contributed by atoms with Gasteiger partial charge in [-0.3, -0.25) is 9.59 Å². The number of primary amides is 2. The highest BCUT2D eigenvalue weighted by Crippen LogP contribution is 2.17. The van der Waals surface area contributed by atoms with Crippen LogP contribution in [-0.4, -0.2) is 30.8 Å². The highest BCUT2D eigenvalue weighted by molar-refractivity contribution is 5.88. The van der Waals surface area contributed by atoms with Gasteiger partial charge in [0, 0.05) is 13.2 Å². The Kier molecular flexibility index (Phi) is 5.11. The van der Waals surface area contributed by atoms with Crippen LogP contribution in [0.25, 0.3) is 0 Å². The third kappa shape index (κ3) is 3.31. The summed E-state index contributed by atoms with van der Waals surface area (Å²) in [4.78, 5) is 21.8. The van der Waals surface area contributed by atoms with E-state index in [9.17, 15) is 9.59 Å². The molecule has 0 aromatic carbocycles. The van der Waals surface area contributed by atoms with Crippen molar-refractivity contribution in [3.63, 3.8) is 0 Å². The van der Waals surface area contributed by atoms with Crippen LogP contribution in [-0.2, 0) is 19.1 Å². The van der Waals surface area contributed by atoms with Gasteiger partial charge in [-0.2, -0.15) is 0 Å². The second-order valence-corrected chi connectivity index (χ2v) is 2.63. The summed E-state index contributed by atoms with van der Waals surface area (Å²) in [6.45, 7) is 3.74. The topological polar surface area (TPSA) is 105 Å². The fourth-order valence-electron chi connectivity index (χ4n) is 1.07. The number of nitrogens with two attached hydrogens (primary N) is 2. The molecule has 0 saturated heterocycles. The summed E-state index contributed by atoms with van der Waals surface area (Å²) in [6.07, 6.45) is -0.371. The monoisotopic (exact) mass is 204 g/mol. The SMILES string of the molecule is CCOC(CC(N)=O)(OCC)C(N)=O. The van der Waals surface area contributed by atoms with Gasteiger partial charge in [0.05, 0.1) is 6.42 Å². The Morgan fingerprint density at radius 1 is 1.14 bits per heavy atom. The van der Waals surface area contributed by atoms with Crippen LogP contribution in [0.4, 0.5) is 0 Å². The molecule has 4 N–H and O–H groups in total. The highest BCUT2D eigenvalue weighted by Gasteiger charge is 2.40. The molecule has 0 bridgehead atoms. The molecule has 0 aromatic heterocycles. The molecule has 6 heteroatoms. The molecule has 82 valence electrons. The standard InChI is InChI=1S/C8H16N2O4/c1-3-13-8(7(10)12,14-4-2)5-6(9)11/h3-5H2,1-2H3,(H2,9,11)(H2,10,12). The molecule has 0 saturated carbocycles. The Morgan fingerprint density at radius 2 is 1.57 bits per heavy atom. The maximum atomic E-state index is 11.1. The van der Waals surface area contributed by atoms with Crippen molar-refractivity contribution in [3.05, 3.63) is 0 Å². The molecule has 0 unspecified atom stereocenters. The van der Waals surface area contributed by atoms with Crippen molar-refractivity contribution in [2.45, 2.75) is 26.1 Å². The van der Waals surface area contributed by atoms with Gasteiger partial charge >= 0.3 is 0 Å². The van der Waals surface area contributed by atoms with Gasteiger partial charge in [-0.25, -0.2) is 0 Å². The van der Waals surface area contributed by atoms with E-state index in [0.717, 1.165) is 0 Å². The Morgan fingerprint density at radius 3 is 1.79 bits per heavy atom. The average molecular weight is 204 g/mol. The van der Waals surface area contributed by atoms with E-state index in [2.05, 4.69) is 0 Å². The molecule has 0 spiro atoms. The molecular weight excluding hydrogens is 188 g/mol. The summed E-state index contributed by atoms with van der Waals surface area (Å²) in [5.74, 6) is -3.26. The van der Waals surface area contributed by atoms with Crippen molar-refractivity contribution in [2.75, 3.05) is 13.2 Å². The molecule has 0 rings (SSSR count). The Bertz CT molecular complexity index is 211. The summed E-state index contributed by atoms with van der Waals surface area (Å²) in [7, 11) is 0. The number of hydrogen-bond acceptors (Lipinski definition) is 4. The van der Waals surface area contributed by atoms with Crippen molar-refractivity contribution in [1.82, 2.24) is 0 Å². The number of hydrogen-bond donors (Lipinski definition) is 2. The normalized spacial score (nSPS) is 11.3. The van der Waals surface area contributed by atoms with Gasteiger partial charge in [0.25, 0.3) is 11.7 Å². The predicted molar refractivity (Wildman–Crippen MR) is 49.0 cm³/mol. The fourth-order valence-corrected chi connectivity index (χ4v) is 1.07. The molecule has 14 heavy (non-hydrogen) atoms. The minimum Gasteiger partial charge on any atom is -0.369 e. The van der Waals surface area contributed by atoms with Gasteiger partial charge in [-0.15, -0.1) is 0 Å². The van der Waals surface area contributed by atoms with E-state index in [1.165, 1.54) is 0 Å². The van der Waals surface area contributed by atoms with Crippen LogP contribution in [0.2, 0.25) is 0 Å². The molecule has 0 aromatic rings. The number of amides is 2. The molecule has 0 aliphatic heterocycles. The lowest BCUT2D eigenvalue weighted by molar-refractivity contribution is -0.226. The van der Waals surface area contributed by atoms with Crippen molar-refractivity contribution in [1.29, 1.82) is 0 Å². The van der Waals surface area contributed by atoms with E-state index in [1.807, 2.05) is 0 Å². The number of carbonyl (C=O) groups is 2. The lowest BCUT2D eigenvalue weighted by Crippen LogP contribution is -2.51. The van der Waals surface area contributed by atoms with Gasteiger partial charge < -0.3 is 20.9 Å². The summed E-state index contributed by atoms with van der Waals surface area (Å²) in [5.41, 5.74) is 10.1. The van der Waals surface area contributed by atoms with Crippen LogP contribution in [0.5, 0.6) is 0 Å². The summed E-state index contributed by atoms with van der Waals surface area (Å²) in [6, 6.07) is 0. The van der Waals surface area contributed by atoms with E-state index in [4.69, 9.17) is 20.9 Å². The second kappa shape index (κ2) is 5.56. The van der Waals surface area contributed by atoms with E-state index >= 15 is 0 Å². The number of ether oxygens (including phenoxy) is 2. The largest absolute Gasteiger partial charge is 0.369 e. The first-order chi connectivity index (χ1) is 6.48. The first-order valence-corrected chi connectivity index (χ1v) is 4.34. The van der Waals surface area contributed by atoms with Gasteiger partial charge in [-0.05, 0) is 13.8 Å². The summed E-state index contributed by atoms with van der Waals surface area (Å²) < 4.78 is 10.1. The molecular formula is C8H16N2O4.